The van der Waals surface area contributed by atoms with E-state index in [1.54, 1.807) is 11.0 Å². The first-order chi connectivity index (χ1) is 9.18. The Bertz CT molecular complexity index is 660. The summed E-state index contributed by atoms with van der Waals surface area (Å²) >= 11 is 1.53. The minimum absolute atomic E-state index is 0.0151. The van der Waals surface area contributed by atoms with Crippen molar-refractivity contribution in [3.05, 3.63) is 51.7 Å². The van der Waals surface area contributed by atoms with Gasteiger partial charge in [0, 0.05) is 23.9 Å². The van der Waals surface area contributed by atoms with E-state index in [0.717, 1.165) is 16.8 Å². The predicted molar refractivity (Wildman–Crippen MR) is 76.1 cm³/mol. The van der Waals surface area contributed by atoms with Gasteiger partial charge in [-0.15, -0.1) is 0 Å². The molecular weight excluding hydrogens is 258 g/mol. The van der Waals surface area contributed by atoms with Gasteiger partial charge in [-0.1, -0.05) is 12.1 Å². The van der Waals surface area contributed by atoms with Crippen molar-refractivity contribution in [1.29, 1.82) is 0 Å². The van der Waals surface area contributed by atoms with Crippen LogP contribution in [0.3, 0.4) is 0 Å². The highest BCUT2D eigenvalue weighted by atomic mass is 32.1. The van der Waals surface area contributed by atoms with E-state index in [4.69, 9.17) is 0 Å². The molecule has 0 spiro atoms. The van der Waals surface area contributed by atoms with E-state index in [1.807, 2.05) is 35.9 Å². The molecule has 19 heavy (non-hydrogen) atoms. The minimum Gasteiger partial charge on any atom is -0.307 e. The van der Waals surface area contributed by atoms with Crippen molar-refractivity contribution in [2.24, 2.45) is 0 Å². The highest BCUT2D eigenvalue weighted by Gasteiger charge is 2.28. The quantitative estimate of drug-likeness (QED) is 0.798. The SMILES string of the molecule is Cc1cscc1C(=O)N1CCC(=O)c2ccccc21. The lowest BCUT2D eigenvalue weighted by Gasteiger charge is -2.28. The van der Waals surface area contributed by atoms with Gasteiger partial charge in [-0.2, -0.15) is 11.3 Å². The fourth-order valence-electron chi connectivity index (χ4n) is 2.35. The van der Waals surface area contributed by atoms with E-state index in [2.05, 4.69) is 0 Å². The van der Waals surface area contributed by atoms with Crippen LogP contribution in [0.1, 0.15) is 32.7 Å². The van der Waals surface area contributed by atoms with E-state index < -0.39 is 0 Å². The summed E-state index contributed by atoms with van der Waals surface area (Å²) in [6, 6.07) is 7.32. The van der Waals surface area contributed by atoms with Gasteiger partial charge in [0.2, 0.25) is 0 Å². The molecule has 4 heteroatoms. The molecule has 0 N–H and O–H groups in total. The summed E-state index contributed by atoms with van der Waals surface area (Å²) in [5, 5.41) is 3.84. The molecule has 1 aliphatic rings. The number of benzene rings is 1. The molecule has 0 bridgehead atoms. The number of Topliss-reactive ketones (excluding diaryl/α,β-unsaturated/α-hetero) is 1. The van der Waals surface area contributed by atoms with Gasteiger partial charge < -0.3 is 4.90 Å². The number of carbonyl (C=O) groups excluding carboxylic acids is 2. The van der Waals surface area contributed by atoms with Crippen LogP contribution in [0.4, 0.5) is 5.69 Å². The Morgan fingerprint density at radius 3 is 2.79 bits per heavy atom. The molecule has 3 nitrogen and oxygen atoms in total. The normalized spacial score (nSPS) is 14.4. The first kappa shape index (κ1) is 12.1. The van der Waals surface area contributed by atoms with Crippen LogP contribution in [0.5, 0.6) is 0 Å². The van der Waals surface area contributed by atoms with Crippen molar-refractivity contribution in [2.75, 3.05) is 11.4 Å². The number of anilines is 1. The number of hydrogen-bond acceptors (Lipinski definition) is 3. The number of nitrogens with zero attached hydrogens (tertiary/aromatic N) is 1. The van der Waals surface area contributed by atoms with Gasteiger partial charge in [-0.3, -0.25) is 9.59 Å². The maximum absolute atomic E-state index is 12.6. The molecule has 1 aliphatic heterocycles. The number of hydrogen-bond donors (Lipinski definition) is 0. The third-order valence-electron chi connectivity index (χ3n) is 3.39. The topological polar surface area (TPSA) is 37.4 Å². The number of rotatable bonds is 1. The average molecular weight is 271 g/mol. The minimum atomic E-state index is -0.0151. The van der Waals surface area contributed by atoms with E-state index in [9.17, 15) is 9.59 Å². The van der Waals surface area contributed by atoms with Crippen molar-refractivity contribution in [1.82, 2.24) is 0 Å². The molecule has 0 unspecified atom stereocenters. The summed E-state index contributed by atoms with van der Waals surface area (Å²) in [5.41, 5.74) is 3.10. The van der Waals surface area contributed by atoms with E-state index in [0.29, 0.717) is 18.5 Å². The largest absolute Gasteiger partial charge is 0.307 e. The molecule has 1 aromatic carbocycles. The Kier molecular flexibility index (Phi) is 2.95. The first-order valence-electron chi connectivity index (χ1n) is 6.15. The van der Waals surface area contributed by atoms with Gasteiger partial charge in [0.15, 0.2) is 5.78 Å². The van der Waals surface area contributed by atoms with Crippen LogP contribution in [0.15, 0.2) is 35.0 Å². The number of fused-ring (bicyclic) bond motifs is 1. The molecule has 0 radical (unpaired) electrons. The smallest absolute Gasteiger partial charge is 0.259 e. The molecule has 0 atom stereocenters. The molecule has 2 aromatic rings. The summed E-state index contributed by atoms with van der Waals surface area (Å²) in [6.07, 6.45) is 0.395. The lowest BCUT2D eigenvalue weighted by Crippen LogP contribution is -2.37. The van der Waals surface area contributed by atoms with E-state index in [-0.39, 0.29) is 11.7 Å². The Hall–Kier alpha value is -1.94. The predicted octanol–water partition coefficient (Wildman–Crippen LogP) is 3.29. The number of thiophene rings is 1. The van der Waals surface area contributed by atoms with Crippen molar-refractivity contribution >= 4 is 28.7 Å². The van der Waals surface area contributed by atoms with Gasteiger partial charge in [-0.05, 0) is 30.0 Å². The van der Waals surface area contributed by atoms with Gasteiger partial charge in [-0.25, -0.2) is 0 Å². The Morgan fingerprint density at radius 2 is 2.05 bits per heavy atom. The highest BCUT2D eigenvalue weighted by Crippen LogP contribution is 2.29. The lowest BCUT2D eigenvalue weighted by atomic mass is 9.99. The second kappa shape index (κ2) is 4.63. The fourth-order valence-corrected chi connectivity index (χ4v) is 3.17. The number of para-hydroxylation sites is 1. The lowest BCUT2D eigenvalue weighted by molar-refractivity contribution is 0.0955. The van der Waals surface area contributed by atoms with Crippen LogP contribution >= 0.6 is 11.3 Å². The fraction of sp³-hybridized carbons (Fsp3) is 0.200. The van der Waals surface area contributed by atoms with Gasteiger partial charge in [0.25, 0.3) is 5.91 Å². The third-order valence-corrected chi connectivity index (χ3v) is 4.25. The molecule has 0 saturated carbocycles. The van der Waals surface area contributed by atoms with Crippen molar-refractivity contribution in [3.8, 4) is 0 Å². The summed E-state index contributed by atoms with van der Waals surface area (Å²) < 4.78 is 0. The van der Waals surface area contributed by atoms with Crippen LogP contribution in [0.25, 0.3) is 0 Å². The zero-order chi connectivity index (χ0) is 13.4. The summed E-state index contributed by atoms with van der Waals surface area (Å²) in [4.78, 5) is 26.2. The second-order valence-corrected chi connectivity index (χ2v) is 5.36. The molecule has 3 rings (SSSR count). The van der Waals surface area contributed by atoms with Crippen molar-refractivity contribution in [2.45, 2.75) is 13.3 Å². The number of amides is 1. The van der Waals surface area contributed by atoms with Crippen LogP contribution in [-0.2, 0) is 0 Å². The molecule has 0 fully saturated rings. The summed E-state index contributed by atoms with van der Waals surface area (Å²) in [7, 11) is 0. The summed E-state index contributed by atoms with van der Waals surface area (Å²) in [6.45, 7) is 2.40. The van der Waals surface area contributed by atoms with Crippen LogP contribution in [-0.4, -0.2) is 18.2 Å². The maximum atomic E-state index is 12.6. The molecule has 1 amide bonds. The number of aryl methyl sites for hydroxylation is 1. The molecular formula is C15H13NO2S. The monoisotopic (exact) mass is 271 g/mol. The molecule has 0 aliphatic carbocycles. The van der Waals surface area contributed by atoms with E-state index >= 15 is 0 Å². The maximum Gasteiger partial charge on any atom is 0.259 e. The van der Waals surface area contributed by atoms with Crippen molar-refractivity contribution in [3.63, 3.8) is 0 Å². The molecule has 2 heterocycles. The van der Waals surface area contributed by atoms with Crippen molar-refractivity contribution < 1.29 is 9.59 Å². The van der Waals surface area contributed by atoms with Gasteiger partial charge >= 0.3 is 0 Å². The van der Waals surface area contributed by atoms with Crippen LogP contribution in [0.2, 0.25) is 0 Å². The van der Waals surface area contributed by atoms with Gasteiger partial charge in [0.1, 0.15) is 0 Å². The molecule has 1 aromatic heterocycles. The second-order valence-electron chi connectivity index (χ2n) is 4.62. The highest BCUT2D eigenvalue weighted by molar-refractivity contribution is 7.08. The Morgan fingerprint density at radius 1 is 1.26 bits per heavy atom. The standard InChI is InChI=1S/C15H13NO2S/c1-10-8-19-9-12(10)15(18)16-7-6-14(17)11-4-2-3-5-13(11)16/h2-5,8-9H,6-7H2,1H3. The Labute approximate surface area is 115 Å². The zero-order valence-corrected chi connectivity index (χ0v) is 11.4. The zero-order valence-electron chi connectivity index (χ0n) is 10.6. The van der Waals surface area contributed by atoms with Crippen LogP contribution < -0.4 is 4.90 Å². The number of ketones is 1. The molecule has 0 saturated heterocycles. The summed E-state index contributed by atoms with van der Waals surface area (Å²) in [5.74, 6) is 0.0976. The average Bonchev–Trinajstić information content (AvgIpc) is 2.85. The van der Waals surface area contributed by atoms with Crippen LogP contribution in [0, 0.1) is 6.92 Å². The first-order valence-corrected chi connectivity index (χ1v) is 7.09. The number of carbonyl (C=O) groups is 2. The van der Waals surface area contributed by atoms with Gasteiger partial charge in [0.05, 0.1) is 11.3 Å². The third kappa shape index (κ3) is 1.98. The van der Waals surface area contributed by atoms with E-state index in [1.165, 1.54) is 11.3 Å². The Balaban J connectivity index is 2.04. The molecule has 96 valence electrons.